The average Bonchev–Trinajstić information content (AvgIpc) is 1.18. The summed E-state index contributed by atoms with van der Waals surface area (Å²) in [6.45, 7) is 15.7. The molecule has 0 radical (unpaired) electrons. The number of anilines is 4. The number of nitrogen functional groups attached to an aromatic ring is 1. The number of hydrogen-bond acceptors (Lipinski definition) is 24. The summed E-state index contributed by atoms with van der Waals surface area (Å²) in [4.78, 5) is 172. The first-order valence-corrected chi connectivity index (χ1v) is 32.2. The van der Waals surface area contributed by atoms with Crippen molar-refractivity contribution in [2.24, 2.45) is 29.4 Å². The zero-order valence-electron chi connectivity index (χ0n) is 60.0. The predicted molar refractivity (Wildman–Crippen MR) is 385 cm³/mol. The van der Waals surface area contributed by atoms with Crippen molar-refractivity contribution in [1.82, 2.24) is 5.06 Å². The van der Waals surface area contributed by atoms with Gasteiger partial charge in [0.15, 0.2) is 5.78 Å². The van der Waals surface area contributed by atoms with Crippen LogP contribution >= 0.6 is 0 Å². The van der Waals surface area contributed by atoms with Crippen LogP contribution in [0.4, 0.5) is 34.1 Å². The number of benzene rings is 6. The van der Waals surface area contributed by atoms with E-state index in [4.69, 9.17) is 52.0 Å². The number of hydroxylamine groups is 2. The number of nitrogens with one attached hydrogen (secondary N) is 3. The second-order valence-electron chi connectivity index (χ2n) is 25.1. The zero-order valence-corrected chi connectivity index (χ0v) is 60.0. The molecule has 6 aromatic carbocycles. The summed E-state index contributed by atoms with van der Waals surface area (Å²) in [5, 5.41) is 81.1. The fourth-order valence-corrected chi connectivity index (χ4v) is 7.99. The molecule has 1 aliphatic rings. The molecule has 568 valence electrons. The molecule has 108 heavy (non-hydrogen) atoms. The Bertz CT molecular complexity index is 4330. The van der Waals surface area contributed by atoms with Crippen LogP contribution < -0.4 is 27.4 Å². The smallest absolute Gasteiger partial charge is 0.363 e. The number of ether oxygens (including phenoxy) is 2. The van der Waals surface area contributed by atoms with E-state index in [9.17, 15) is 82.6 Å². The lowest BCUT2D eigenvalue weighted by Crippen LogP contribution is -2.32. The number of hydrogen-bond donors (Lipinski definition) is 8. The molecule has 6 amide bonds. The largest absolute Gasteiger partial charge is 0.481 e. The summed E-state index contributed by atoms with van der Waals surface area (Å²) >= 11 is 0. The van der Waals surface area contributed by atoms with E-state index in [0.717, 1.165) is 12.1 Å². The number of non-ortho nitro benzene ring substituents is 2. The summed E-state index contributed by atoms with van der Waals surface area (Å²) in [6, 6.07) is 39.8. The fraction of sp³-hybridized carbons (Fsp3) is 0.297. The number of carbonyl (C=O) groups excluding carboxylic acids is 10. The highest BCUT2D eigenvalue weighted by Gasteiger charge is 2.33. The van der Waals surface area contributed by atoms with Gasteiger partial charge in [-0.1, -0.05) is 20.8 Å². The van der Waals surface area contributed by atoms with E-state index in [2.05, 4.69) is 20.8 Å². The SMILES string of the molecule is CC(C)(C)OC(=O)c1ccc(N)cc1.CC(CC#N)C(=O)Nc1ccc(C(=O)O)cc1.CC(CC#N)C(=O)Nc1ccc(C(=O)OC(C)(C)C)cc1.CC(CC(N)=O)C(=O)O.N#CCC(CC(=O)c1ccc([N+](=O)[O-])cc1)C(=O)Nc1ccc(C(=O)O)cc1.O=C(ON1C(=O)CCC1=O)c1ccc([N+](=O)[O-])cc1. The third-order valence-electron chi connectivity index (χ3n) is 13.8. The first-order valence-electron chi connectivity index (χ1n) is 32.2. The van der Waals surface area contributed by atoms with Gasteiger partial charge in [-0.25, -0.2) is 24.0 Å². The Morgan fingerprint density at radius 1 is 0.481 bits per heavy atom. The number of imide groups is 1. The van der Waals surface area contributed by atoms with E-state index in [0.29, 0.717) is 38.9 Å². The van der Waals surface area contributed by atoms with E-state index in [1.54, 1.807) is 83.1 Å². The van der Waals surface area contributed by atoms with Gasteiger partial charge in [-0.2, -0.15) is 15.8 Å². The Morgan fingerprint density at radius 3 is 1.10 bits per heavy atom. The molecule has 1 heterocycles. The summed E-state index contributed by atoms with van der Waals surface area (Å²) in [5.41, 5.74) is 12.3. The Morgan fingerprint density at radius 2 is 0.796 bits per heavy atom. The highest BCUT2D eigenvalue weighted by atomic mass is 16.7. The van der Waals surface area contributed by atoms with E-state index in [1.807, 2.05) is 39.0 Å². The number of nitro benzene ring substituents is 2. The molecule has 1 saturated heterocycles. The highest BCUT2D eigenvalue weighted by Crippen LogP contribution is 2.23. The van der Waals surface area contributed by atoms with Crippen LogP contribution in [-0.4, -0.2) is 118 Å². The summed E-state index contributed by atoms with van der Waals surface area (Å²) in [6.07, 6.45) is -0.197. The maximum Gasteiger partial charge on any atom is 0.363 e. The monoisotopic (exact) mass is 1490 g/mol. The number of carboxylic acid groups (broad SMARTS) is 3. The van der Waals surface area contributed by atoms with Crippen LogP contribution in [0.2, 0.25) is 0 Å². The summed E-state index contributed by atoms with van der Waals surface area (Å²) < 4.78 is 10.4. The number of nitrogens with two attached hydrogens (primary N) is 2. The van der Waals surface area contributed by atoms with Gasteiger partial charge in [-0.3, -0.25) is 58.6 Å². The predicted octanol–water partition coefficient (Wildman–Crippen LogP) is 10.7. The number of Topliss-reactive ketones (excluding diaryl/α,β-unsaturated/α-hetero) is 1. The van der Waals surface area contributed by atoms with Gasteiger partial charge < -0.3 is 57.0 Å². The summed E-state index contributed by atoms with van der Waals surface area (Å²) in [7, 11) is 0. The maximum atomic E-state index is 12.4. The van der Waals surface area contributed by atoms with Gasteiger partial charge >= 0.3 is 35.8 Å². The fourth-order valence-electron chi connectivity index (χ4n) is 7.99. The van der Waals surface area contributed by atoms with Crippen molar-refractivity contribution in [3.8, 4) is 18.2 Å². The lowest BCUT2D eigenvalue weighted by Gasteiger charge is -2.19. The maximum absolute atomic E-state index is 12.4. The Kier molecular flexibility index (Phi) is 36.5. The zero-order chi connectivity index (χ0) is 81.8. The van der Waals surface area contributed by atoms with Crippen LogP contribution in [0.5, 0.6) is 0 Å². The van der Waals surface area contributed by atoms with Crippen LogP contribution in [-0.2, 0) is 47.9 Å². The number of nitriles is 3. The number of carboxylic acids is 3. The second-order valence-corrected chi connectivity index (χ2v) is 25.1. The molecule has 6 aromatic rings. The van der Waals surface area contributed by atoms with E-state index in [1.165, 1.54) is 91.9 Å². The summed E-state index contributed by atoms with van der Waals surface area (Å²) in [5.74, 6) is -10.3. The molecule has 0 aliphatic carbocycles. The molecule has 34 nitrogen and oxygen atoms in total. The third-order valence-corrected chi connectivity index (χ3v) is 13.8. The van der Waals surface area contributed by atoms with Gasteiger partial charge in [0.2, 0.25) is 23.6 Å². The van der Waals surface area contributed by atoms with Gasteiger partial charge in [-0.15, -0.1) is 5.06 Å². The molecule has 1 aliphatic heterocycles. The number of primary amides is 1. The molecule has 0 saturated carbocycles. The molecular weight excluding hydrogens is 1410 g/mol. The van der Waals surface area contributed by atoms with Crippen molar-refractivity contribution >= 4 is 111 Å². The van der Waals surface area contributed by atoms with E-state index >= 15 is 0 Å². The lowest BCUT2D eigenvalue weighted by atomic mass is 9.95. The number of nitrogens with zero attached hydrogens (tertiary/aromatic N) is 6. The van der Waals surface area contributed by atoms with E-state index < -0.39 is 92.1 Å². The number of aromatic carboxylic acids is 2. The van der Waals surface area contributed by atoms with E-state index in [-0.39, 0.29) is 108 Å². The van der Waals surface area contributed by atoms with Crippen LogP contribution in [0.15, 0.2) is 146 Å². The topological polar surface area (TPSA) is 559 Å². The molecular formula is C74H79N11O23. The molecule has 4 atom stereocenters. The minimum absolute atomic E-state index is 0.00632. The normalized spacial score (nSPS) is 12.1. The number of rotatable bonds is 23. The molecule has 1 fully saturated rings. The third kappa shape index (κ3) is 33.8. The number of carbonyl (C=O) groups is 13. The number of nitro groups is 2. The van der Waals surface area contributed by atoms with Gasteiger partial charge in [0.25, 0.3) is 23.2 Å². The molecule has 34 heteroatoms. The molecule has 4 unspecified atom stereocenters. The van der Waals surface area contributed by atoms with Gasteiger partial charge in [0.05, 0.1) is 67.7 Å². The first-order chi connectivity index (χ1) is 50.5. The van der Waals surface area contributed by atoms with Crippen molar-refractivity contribution in [2.75, 3.05) is 21.7 Å². The second kappa shape index (κ2) is 43.8. The number of amides is 6. The van der Waals surface area contributed by atoms with Gasteiger partial charge in [-0.05, 0) is 163 Å². The standard InChI is InChI=1S/C19H15N3O6.C16H20N2O3.C12H12N2O3.C11H8N2O6.C11H15NO2.C5H9NO3/c20-10-9-14(11-17(23)12-3-7-16(8-4-12)22(27)28)18(24)21-15-5-1-13(2-6-15)19(25)26;1-11(9-10-17)14(19)18-13-7-5-12(6-8-13)15(20)21-16(2,3)4;1-8(6-7-13)11(15)14-10-4-2-9(3-5-10)12(16)17;14-9-5-6-10(15)12(9)19-11(16)7-1-3-8(4-2-7)13(17)18;1-11(2,3)14-10(13)8-4-6-9(12)7-5-8;1-3(5(8)9)2-4(6)7/h1-8,14H,9,11H2,(H,21,24)(H,25,26);5-8,11H,9H2,1-4H3,(H,18,19);2-5,8H,6H2,1H3,(H,14,15)(H,16,17);1-4H,5-6H2;4-7H,12H2,1-3H3;3H,2H2,1H3,(H2,6,7)(H,8,9). The van der Waals surface area contributed by atoms with Crippen LogP contribution in [0.1, 0.15) is 169 Å². The Balaban J connectivity index is 0.000000452. The van der Waals surface area contributed by atoms with Crippen LogP contribution in [0.3, 0.4) is 0 Å². The van der Waals surface area contributed by atoms with Crippen LogP contribution in [0, 0.1) is 77.9 Å². The quantitative estimate of drug-likeness (QED) is 0.00737. The van der Waals surface area contributed by atoms with Crippen molar-refractivity contribution in [3.05, 3.63) is 199 Å². The van der Waals surface area contributed by atoms with Crippen molar-refractivity contribution in [3.63, 3.8) is 0 Å². The Labute approximate surface area is 618 Å². The van der Waals surface area contributed by atoms with Gasteiger partial charge in [0, 0.05) is 109 Å². The first kappa shape index (κ1) is 90.0. The van der Waals surface area contributed by atoms with Crippen molar-refractivity contribution < 1.29 is 102 Å². The molecule has 7 rings (SSSR count). The van der Waals surface area contributed by atoms with Gasteiger partial charge in [0.1, 0.15) is 11.2 Å². The van der Waals surface area contributed by atoms with Crippen molar-refractivity contribution in [1.29, 1.82) is 15.8 Å². The number of aliphatic carboxylic acids is 1. The highest BCUT2D eigenvalue weighted by molar-refractivity contribution is 6.04. The molecule has 0 aromatic heterocycles. The minimum atomic E-state index is -1.10. The Hall–Kier alpha value is -14.1. The minimum Gasteiger partial charge on any atom is -0.481 e. The van der Waals surface area contributed by atoms with Crippen molar-refractivity contribution in [2.45, 2.75) is 118 Å². The van der Waals surface area contributed by atoms with Crippen LogP contribution in [0.25, 0.3) is 0 Å². The molecule has 0 spiro atoms. The molecule has 10 N–H and O–H groups in total. The average molecular weight is 1490 g/mol. The number of ketones is 1. The lowest BCUT2D eigenvalue weighted by molar-refractivity contribution is -0.385. The molecule has 0 bridgehead atoms. The number of esters is 2.